The molecule has 1 aliphatic rings. The van der Waals surface area contributed by atoms with Gasteiger partial charge < -0.3 is 9.84 Å². The van der Waals surface area contributed by atoms with E-state index in [2.05, 4.69) is 17.4 Å². The number of thioether (sulfide) groups is 1. The molecule has 1 aromatic rings. The van der Waals surface area contributed by atoms with E-state index in [0.29, 0.717) is 22.6 Å². The van der Waals surface area contributed by atoms with E-state index in [1.807, 2.05) is 11.8 Å². The number of carbonyl (C=O) groups is 1. The molecule has 1 aliphatic carbocycles. The smallest absolute Gasteiger partial charge is 0.256 e. The number of nitrogens with zero attached hydrogens (tertiary/aromatic N) is 1. The van der Waals surface area contributed by atoms with Crippen LogP contribution in [0.3, 0.4) is 0 Å². The maximum absolute atomic E-state index is 12.0. The molecule has 1 saturated carbocycles. The first-order valence-corrected chi connectivity index (χ1v) is 7.11. The molecule has 0 aliphatic heterocycles. The zero-order valence-electron chi connectivity index (χ0n) is 10.2. The number of aromatic nitrogens is 1. The fourth-order valence-electron chi connectivity index (χ4n) is 2.27. The predicted molar refractivity (Wildman–Crippen MR) is 68.3 cm³/mol. The summed E-state index contributed by atoms with van der Waals surface area (Å²) in [5, 5.41) is 7.29. The van der Waals surface area contributed by atoms with Gasteiger partial charge in [0.05, 0.1) is 6.20 Å². The van der Waals surface area contributed by atoms with Gasteiger partial charge >= 0.3 is 0 Å². The van der Waals surface area contributed by atoms with Crippen molar-refractivity contribution in [2.75, 3.05) is 5.75 Å². The molecular weight excluding hydrogens is 236 g/mol. The Kier molecular flexibility index (Phi) is 4.10. The number of rotatable bonds is 4. The van der Waals surface area contributed by atoms with Crippen LogP contribution >= 0.6 is 11.8 Å². The summed E-state index contributed by atoms with van der Waals surface area (Å²) in [6.07, 6.45) is 4.96. The van der Waals surface area contributed by atoms with Gasteiger partial charge in [-0.15, -0.1) is 0 Å². The fraction of sp³-hybridized carbons (Fsp3) is 0.667. The van der Waals surface area contributed by atoms with Crippen molar-refractivity contribution in [1.82, 2.24) is 10.5 Å². The second kappa shape index (κ2) is 5.58. The molecular formula is C12H18N2O2S. The molecule has 1 N–H and O–H groups in total. The van der Waals surface area contributed by atoms with Crippen molar-refractivity contribution in [3.8, 4) is 0 Å². The minimum atomic E-state index is -0.0580. The SMILES string of the molecule is CCSC1CCCC1NC(=O)c1cnoc1C. The van der Waals surface area contributed by atoms with E-state index < -0.39 is 0 Å². The average molecular weight is 254 g/mol. The van der Waals surface area contributed by atoms with Crippen molar-refractivity contribution in [3.05, 3.63) is 17.5 Å². The lowest BCUT2D eigenvalue weighted by Gasteiger charge is -2.19. The Morgan fingerprint density at radius 3 is 3.12 bits per heavy atom. The summed E-state index contributed by atoms with van der Waals surface area (Å²) in [5.74, 6) is 1.63. The molecule has 1 amide bonds. The van der Waals surface area contributed by atoms with Crippen LogP contribution in [0.2, 0.25) is 0 Å². The summed E-state index contributed by atoms with van der Waals surface area (Å²) >= 11 is 1.94. The first-order valence-electron chi connectivity index (χ1n) is 6.06. The fourth-order valence-corrected chi connectivity index (χ4v) is 3.47. The van der Waals surface area contributed by atoms with E-state index in [0.717, 1.165) is 12.2 Å². The summed E-state index contributed by atoms with van der Waals surface area (Å²) in [6.45, 7) is 3.92. The summed E-state index contributed by atoms with van der Waals surface area (Å²) in [4.78, 5) is 12.0. The third-order valence-corrected chi connectivity index (χ3v) is 4.47. The molecule has 5 heteroatoms. The van der Waals surface area contributed by atoms with Gasteiger partial charge in [0.1, 0.15) is 11.3 Å². The van der Waals surface area contributed by atoms with Crippen LogP contribution in [0, 0.1) is 6.92 Å². The largest absolute Gasteiger partial charge is 0.361 e. The Bertz CT molecular complexity index is 392. The zero-order chi connectivity index (χ0) is 12.3. The van der Waals surface area contributed by atoms with Crippen LogP contribution < -0.4 is 5.32 Å². The molecule has 17 heavy (non-hydrogen) atoms. The van der Waals surface area contributed by atoms with Gasteiger partial charge in [-0.3, -0.25) is 4.79 Å². The lowest BCUT2D eigenvalue weighted by Crippen LogP contribution is -2.38. The van der Waals surface area contributed by atoms with Crippen molar-refractivity contribution in [3.63, 3.8) is 0 Å². The summed E-state index contributed by atoms with van der Waals surface area (Å²) in [6, 6.07) is 0.293. The van der Waals surface area contributed by atoms with Gasteiger partial charge in [-0.25, -0.2) is 0 Å². The topological polar surface area (TPSA) is 55.1 Å². The maximum atomic E-state index is 12.0. The molecule has 4 nitrogen and oxygen atoms in total. The van der Waals surface area contributed by atoms with Crippen molar-refractivity contribution < 1.29 is 9.32 Å². The third-order valence-electron chi connectivity index (χ3n) is 3.15. The predicted octanol–water partition coefficient (Wildman–Crippen LogP) is 2.39. The first kappa shape index (κ1) is 12.5. The Hall–Kier alpha value is -0.970. The van der Waals surface area contributed by atoms with Crippen LogP contribution in [0.1, 0.15) is 42.3 Å². The highest BCUT2D eigenvalue weighted by molar-refractivity contribution is 7.99. The molecule has 0 spiro atoms. The number of aryl methyl sites for hydroxylation is 1. The molecule has 0 radical (unpaired) electrons. The van der Waals surface area contributed by atoms with Crippen LogP contribution in [0.25, 0.3) is 0 Å². The first-order chi connectivity index (χ1) is 8.22. The number of amides is 1. The minimum Gasteiger partial charge on any atom is -0.361 e. The van der Waals surface area contributed by atoms with E-state index in [1.165, 1.54) is 19.0 Å². The molecule has 94 valence electrons. The second-order valence-corrected chi connectivity index (χ2v) is 5.82. The number of hydrogen-bond acceptors (Lipinski definition) is 4. The van der Waals surface area contributed by atoms with Crippen LogP contribution in [-0.2, 0) is 0 Å². The normalized spacial score (nSPS) is 23.9. The molecule has 0 aromatic carbocycles. The van der Waals surface area contributed by atoms with Crippen molar-refractivity contribution in [2.24, 2.45) is 0 Å². The number of carbonyl (C=O) groups excluding carboxylic acids is 1. The lowest BCUT2D eigenvalue weighted by atomic mass is 10.2. The number of nitrogens with one attached hydrogen (secondary N) is 1. The zero-order valence-corrected chi connectivity index (χ0v) is 11.0. The van der Waals surface area contributed by atoms with Crippen molar-refractivity contribution >= 4 is 17.7 Å². The molecule has 1 heterocycles. The Morgan fingerprint density at radius 2 is 2.47 bits per heavy atom. The Labute approximate surface area is 106 Å². The molecule has 2 rings (SSSR count). The molecule has 1 fully saturated rings. The van der Waals surface area contributed by atoms with E-state index in [-0.39, 0.29) is 5.91 Å². The van der Waals surface area contributed by atoms with Gasteiger partial charge in [0.15, 0.2) is 0 Å². The third kappa shape index (κ3) is 2.83. The maximum Gasteiger partial charge on any atom is 0.256 e. The summed E-state index contributed by atoms with van der Waals surface area (Å²) in [5.41, 5.74) is 0.553. The molecule has 2 atom stereocenters. The van der Waals surface area contributed by atoms with E-state index in [1.54, 1.807) is 6.92 Å². The highest BCUT2D eigenvalue weighted by Crippen LogP contribution is 2.30. The molecule has 0 saturated heterocycles. The van der Waals surface area contributed by atoms with Crippen LogP contribution in [0.15, 0.2) is 10.7 Å². The standard InChI is InChI=1S/C12H18N2O2S/c1-3-17-11-6-4-5-10(11)14-12(15)9-7-13-16-8(9)2/h7,10-11H,3-6H2,1-2H3,(H,14,15). The van der Waals surface area contributed by atoms with Crippen LogP contribution in [-0.4, -0.2) is 28.1 Å². The molecule has 2 unspecified atom stereocenters. The van der Waals surface area contributed by atoms with Gasteiger partial charge in [-0.05, 0) is 25.5 Å². The van der Waals surface area contributed by atoms with Gasteiger partial charge in [-0.1, -0.05) is 18.5 Å². The van der Waals surface area contributed by atoms with Gasteiger partial charge in [0, 0.05) is 11.3 Å². The monoisotopic (exact) mass is 254 g/mol. The number of hydrogen-bond donors (Lipinski definition) is 1. The van der Waals surface area contributed by atoms with Gasteiger partial charge in [0.25, 0.3) is 5.91 Å². The van der Waals surface area contributed by atoms with Crippen molar-refractivity contribution in [2.45, 2.75) is 44.4 Å². The van der Waals surface area contributed by atoms with E-state index in [4.69, 9.17) is 4.52 Å². The molecule has 0 bridgehead atoms. The van der Waals surface area contributed by atoms with Crippen LogP contribution in [0.5, 0.6) is 0 Å². The van der Waals surface area contributed by atoms with E-state index >= 15 is 0 Å². The second-order valence-electron chi connectivity index (χ2n) is 4.30. The molecule has 1 aromatic heterocycles. The van der Waals surface area contributed by atoms with Gasteiger partial charge in [0.2, 0.25) is 0 Å². The van der Waals surface area contributed by atoms with E-state index in [9.17, 15) is 4.79 Å². The van der Waals surface area contributed by atoms with Gasteiger partial charge in [-0.2, -0.15) is 11.8 Å². The lowest BCUT2D eigenvalue weighted by molar-refractivity contribution is 0.0937. The highest BCUT2D eigenvalue weighted by Gasteiger charge is 2.29. The summed E-state index contributed by atoms with van der Waals surface area (Å²) < 4.78 is 4.91. The minimum absolute atomic E-state index is 0.0580. The average Bonchev–Trinajstić information content (AvgIpc) is 2.89. The Balaban J connectivity index is 1.97. The van der Waals surface area contributed by atoms with Crippen LogP contribution in [0.4, 0.5) is 0 Å². The quantitative estimate of drug-likeness (QED) is 0.896. The van der Waals surface area contributed by atoms with Crippen molar-refractivity contribution in [1.29, 1.82) is 0 Å². The highest BCUT2D eigenvalue weighted by atomic mass is 32.2. The Morgan fingerprint density at radius 1 is 1.65 bits per heavy atom. The summed E-state index contributed by atoms with van der Waals surface area (Å²) in [7, 11) is 0.